The van der Waals surface area contributed by atoms with Crippen molar-refractivity contribution in [3.8, 4) is 5.75 Å². The molecular formula is C13H10BrClFN7O3S2. The summed E-state index contributed by atoms with van der Waals surface area (Å²) in [4.78, 5) is 26.3. The van der Waals surface area contributed by atoms with Crippen LogP contribution in [-0.4, -0.2) is 39.1 Å². The van der Waals surface area contributed by atoms with Crippen LogP contribution in [0, 0.1) is 10.1 Å². The summed E-state index contributed by atoms with van der Waals surface area (Å²) in [6.07, 6.45) is 1.42. The molecule has 0 aliphatic heterocycles. The van der Waals surface area contributed by atoms with Crippen LogP contribution in [0.2, 0.25) is 0 Å². The lowest BCUT2D eigenvalue weighted by atomic mass is 10.3. The van der Waals surface area contributed by atoms with Gasteiger partial charge in [0.2, 0.25) is 0 Å². The summed E-state index contributed by atoms with van der Waals surface area (Å²) >= 11 is 8.85. The molecule has 1 aromatic carbocycles. The third-order valence-corrected chi connectivity index (χ3v) is 6.90. The highest BCUT2D eigenvalue weighted by Crippen LogP contribution is 2.50. The third-order valence-electron chi connectivity index (χ3n) is 3.22. The summed E-state index contributed by atoms with van der Waals surface area (Å²) in [5, 5.41) is 13.9. The third kappa shape index (κ3) is 4.75. The van der Waals surface area contributed by atoms with Crippen LogP contribution < -0.4 is 10.1 Å². The van der Waals surface area contributed by atoms with Crippen molar-refractivity contribution in [2.24, 2.45) is 0 Å². The van der Waals surface area contributed by atoms with Crippen LogP contribution in [0.15, 0.2) is 35.7 Å². The Morgan fingerprint density at radius 3 is 2.75 bits per heavy atom. The van der Waals surface area contributed by atoms with Crippen LogP contribution in [0.25, 0.3) is 11.2 Å². The molecule has 0 radical (unpaired) electrons. The molecule has 10 nitrogen and oxygen atoms in total. The summed E-state index contributed by atoms with van der Waals surface area (Å²) < 4.78 is 15.6. The summed E-state index contributed by atoms with van der Waals surface area (Å²) in [7, 11) is 1.56. The van der Waals surface area contributed by atoms with Gasteiger partial charge in [0.25, 0.3) is 15.1 Å². The van der Waals surface area contributed by atoms with E-state index in [-0.39, 0.29) is 27.4 Å². The number of nitro groups is 1. The number of hydrogen-bond acceptors (Lipinski definition) is 10. The number of nitrogens with one attached hydrogen (secondary N) is 2. The number of alkyl halides is 1. The molecule has 0 bridgehead atoms. The molecule has 2 N–H and O–H groups in total. The number of hydrogen-bond donors (Lipinski definition) is 2. The quantitative estimate of drug-likeness (QED) is 0.0516. The fourth-order valence-corrected chi connectivity index (χ4v) is 4.40. The second-order valence-corrected chi connectivity index (χ2v) is 9.95. The zero-order valence-corrected chi connectivity index (χ0v) is 17.8. The van der Waals surface area contributed by atoms with Gasteiger partial charge in [0.15, 0.2) is 16.6 Å². The Kier molecular flexibility index (Phi) is 6.44. The number of fused-ring (bicyclic) bond motifs is 1. The molecule has 0 aliphatic carbocycles. The maximum absolute atomic E-state index is 13.7. The van der Waals surface area contributed by atoms with Crippen molar-refractivity contribution < 1.29 is 13.5 Å². The first-order valence-electron chi connectivity index (χ1n) is 7.26. The normalized spacial score (nSPS) is 13.5. The van der Waals surface area contributed by atoms with Gasteiger partial charge in [0.1, 0.15) is 15.6 Å². The van der Waals surface area contributed by atoms with Gasteiger partial charge in [-0.15, -0.1) is 4.48 Å². The average Bonchev–Trinajstić information content (AvgIpc) is 3.10. The van der Waals surface area contributed by atoms with Crippen molar-refractivity contribution in [1.29, 1.82) is 0 Å². The minimum absolute atomic E-state index is 0.00448. The van der Waals surface area contributed by atoms with Gasteiger partial charge in [-0.25, -0.2) is 15.0 Å². The van der Waals surface area contributed by atoms with Gasteiger partial charge >= 0.3 is 0 Å². The molecule has 28 heavy (non-hydrogen) atoms. The highest BCUT2D eigenvalue weighted by molar-refractivity contribution is 9.13. The maximum Gasteiger partial charge on any atom is 0.289 e. The number of benzene rings is 1. The number of aromatic amines is 1. The Morgan fingerprint density at radius 2 is 2.14 bits per heavy atom. The van der Waals surface area contributed by atoms with Crippen LogP contribution in [-0.2, 0) is 0 Å². The molecule has 0 aliphatic rings. The Morgan fingerprint density at radius 1 is 1.43 bits per heavy atom. The lowest BCUT2D eigenvalue weighted by Gasteiger charge is -2.20. The van der Waals surface area contributed by atoms with Gasteiger partial charge in [-0.1, -0.05) is 0 Å². The van der Waals surface area contributed by atoms with Gasteiger partial charge in [-0.3, -0.25) is 10.1 Å². The zero-order chi connectivity index (χ0) is 20.3. The fourth-order valence-electron chi connectivity index (χ4n) is 2.05. The second kappa shape index (κ2) is 8.65. The molecule has 148 valence electrons. The van der Waals surface area contributed by atoms with Crippen molar-refractivity contribution in [2.45, 2.75) is 8.27 Å². The molecule has 0 fully saturated rings. The van der Waals surface area contributed by atoms with Crippen molar-refractivity contribution in [3.05, 3.63) is 40.7 Å². The Balaban J connectivity index is 1.95. The van der Waals surface area contributed by atoms with Crippen LogP contribution in [0.3, 0.4) is 0 Å². The molecule has 3 aromatic rings. The predicted octanol–water partition coefficient (Wildman–Crippen LogP) is 4.47. The highest BCUT2D eigenvalue weighted by atomic mass is 79.9. The number of ether oxygens (including phenoxy) is 1. The highest BCUT2D eigenvalue weighted by Gasteiger charge is 2.46. The van der Waals surface area contributed by atoms with E-state index in [9.17, 15) is 14.6 Å². The van der Waals surface area contributed by atoms with E-state index in [1.54, 1.807) is 31.4 Å². The van der Waals surface area contributed by atoms with E-state index in [4.69, 9.17) is 16.5 Å². The molecule has 3 rings (SSSR count). The lowest BCUT2D eigenvalue weighted by molar-refractivity contribution is -0.286. The van der Waals surface area contributed by atoms with Crippen LogP contribution in [0.5, 0.6) is 5.75 Å². The van der Waals surface area contributed by atoms with E-state index in [1.165, 1.54) is 6.33 Å². The minimum atomic E-state index is -1.99. The molecule has 2 heterocycles. The van der Waals surface area contributed by atoms with E-state index in [0.717, 1.165) is 0 Å². The van der Waals surface area contributed by atoms with Crippen LogP contribution in [0.4, 0.5) is 16.0 Å². The lowest BCUT2D eigenvalue weighted by Crippen LogP contribution is -2.26. The summed E-state index contributed by atoms with van der Waals surface area (Å²) in [5.41, 5.74) is 1.49. The molecule has 0 amide bonds. The Hall–Kier alpha value is -1.87. The molecule has 0 saturated heterocycles. The van der Waals surface area contributed by atoms with Crippen LogP contribution in [0.1, 0.15) is 0 Å². The molecule has 0 spiro atoms. The number of thioether (sulfide) groups is 1. The SMILES string of the molecule is COc1ccc(Nc2nc(SC(Br)(S[N+](=O)[O-])N(F)Cl)nc3nc[nH]c23)cc1. The standard InChI is InChI=1S/C13H10BrClFN7O3S2/c1-26-8-4-2-7(3-5-8)19-11-9-10(18-6-17-9)20-12(21-11)27-13(14,22(15)16)28-23(24)25/h2-6H,1H3,(H2,17,18,19,20,21). The van der Waals surface area contributed by atoms with E-state index < -0.39 is 7.44 Å². The largest absolute Gasteiger partial charge is 0.497 e. The van der Waals surface area contributed by atoms with Crippen molar-refractivity contribution in [3.63, 3.8) is 0 Å². The number of halogens is 3. The van der Waals surface area contributed by atoms with Crippen molar-refractivity contribution >= 4 is 74.1 Å². The van der Waals surface area contributed by atoms with E-state index in [2.05, 4.69) is 41.2 Å². The number of methoxy groups -OCH3 is 1. The number of H-pyrrole nitrogens is 1. The smallest absolute Gasteiger partial charge is 0.289 e. The number of anilines is 2. The Bertz CT molecular complexity index is 996. The van der Waals surface area contributed by atoms with Gasteiger partial charge in [-0.2, -0.15) is 0 Å². The summed E-state index contributed by atoms with van der Waals surface area (Å²) in [5.74, 6) is 1.03. The molecular weight excluding hydrogens is 501 g/mol. The molecule has 2 aromatic heterocycles. The molecule has 1 atom stereocenters. The monoisotopic (exact) mass is 509 g/mol. The number of nitrogens with zero attached hydrogens (tertiary/aromatic N) is 5. The van der Waals surface area contributed by atoms with Gasteiger partial charge in [0, 0.05) is 17.5 Å². The van der Waals surface area contributed by atoms with E-state index in [1.807, 2.05) is 0 Å². The molecule has 0 saturated carbocycles. The topological polar surface area (TPSA) is 122 Å². The zero-order valence-electron chi connectivity index (χ0n) is 13.8. The van der Waals surface area contributed by atoms with Crippen molar-refractivity contribution in [1.82, 2.24) is 24.6 Å². The van der Waals surface area contributed by atoms with Gasteiger partial charge < -0.3 is 15.0 Å². The summed E-state index contributed by atoms with van der Waals surface area (Å²) in [6, 6.07) is 7.06. The first kappa shape index (κ1) is 20.9. The number of aromatic nitrogens is 4. The van der Waals surface area contributed by atoms with Crippen molar-refractivity contribution in [2.75, 3.05) is 12.4 Å². The number of imidazole rings is 1. The first-order valence-corrected chi connectivity index (χ1v) is 9.98. The fraction of sp³-hybridized carbons (Fsp3) is 0.154. The number of rotatable bonds is 8. The van der Waals surface area contributed by atoms with Crippen LogP contribution >= 0.6 is 51.4 Å². The van der Waals surface area contributed by atoms with E-state index in [0.29, 0.717) is 34.5 Å². The average molecular weight is 511 g/mol. The van der Waals surface area contributed by atoms with Gasteiger partial charge in [0.05, 0.1) is 13.4 Å². The molecule has 1 unspecified atom stereocenters. The van der Waals surface area contributed by atoms with Gasteiger partial charge in [-0.05, 0) is 56.6 Å². The minimum Gasteiger partial charge on any atom is -0.497 e. The first-order chi connectivity index (χ1) is 13.3. The summed E-state index contributed by atoms with van der Waals surface area (Å²) in [6.45, 7) is 0. The Labute approximate surface area is 179 Å². The van der Waals surface area contributed by atoms with E-state index >= 15 is 0 Å². The second-order valence-electron chi connectivity index (χ2n) is 4.96. The maximum atomic E-state index is 13.7. The predicted molar refractivity (Wildman–Crippen MR) is 109 cm³/mol. The molecule has 15 heteroatoms.